The number of oxazole rings is 1. The summed E-state index contributed by atoms with van der Waals surface area (Å²) in [5.41, 5.74) is 0. The molecule has 0 bridgehead atoms. The normalized spacial score (nSPS) is 13.3. The van der Waals surface area contributed by atoms with Gasteiger partial charge in [-0.3, -0.25) is 0 Å². The van der Waals surface area contributed by atoms with Crippen molar-refractivity contribution in [3.63, 3.8) is 0 Å². The maximum atomic E-state index is 5.69. The van der Waals surface area contributed by atoms with E-state index in [-0.39, 0.29) is 0 Å². The summed E-state index contributed by atoms with van der Waals surface area (Å²) in [6.45, 7) is 9.66. The van der Waals surface area contributed by atoms with Crippen LogP contribution in [0.15, 0.2) is 10.6 Å². The molecular weight excluding hydrogens is 200 g/mol. The number of rotatable bonds is 7. The summed E-state index contributed by atoms with van der Waals surface area (Å²) in [7, 11) is 0. The Balaban J connectivity index is 2.33. The van der Waals surface area contributed by atoms with Crippen LogP contribution in [0.25, 0.3) is 0 Å². The molecule has 0 fully saturated rings. The average molecular weight is 224 g/mol. The summed E-state index contributed by atoms with van der Waals surface area (Å²) >= 11 is 0. The first-order chi connectivity index (χ1) is 7.61. The Hall–Kier alpha value is -0.830. The molecule has 16 heavy (non-hydrogen) atoms. The van der Waals surface area contributed by atoms with Gasteiger partial charge in [0.25, 0.3) is 0 Å². The van der Waals surface area contributed by atoms with Gasteiger partial charge in [-0.25, -0.2) is 4.98 Å². The number of nitrogens with zero attached hydrogens (tertiary/aromatic N) is 1. The summed E-state index contributed by atoms with van der Waals surface area (Å²) in [6, 6.07) is 0.523. The van der Waals surface area contributed by atoms with Gasteiger partial charge < -0.3 is 9.73 Å². The van der Waals surface area contributed by atoms with E-state index in [1.54, 1.807) is 0 Å². The van der Waals surface area contributed by atoms with Crippen LogP contribution in [-0.4, -0.2) is 17.6 Å². The van der Waals surface area contributed by atoms with Crippen molar-refractivity contribution in [3.8, 4) is 0 Å². The molecule has 1 aromatic rings. The Labute approximate surface area is 98.6 Å². The monoisotopic (exact) mass is 224 g/mol. The molecule has 3 nitrogen and oxygen atoms in total. The number of nitrogens with one attached hydrogen (secondary N) is 1. The first kappa shape index (κ1) is 13.2. The van der Waals surface area contributed by atoms with Gasteiger partial charge in [-0.1, -0.05) is 34.1 Å². The van der Waals surface area contributed by atoms with Crippen LogP contribution in [0.2, 0.25) is 0 Å². The molecule has 0 aliphatic carbocycles. The molecule has 3 heteroatoms. The van der Waals surface area contributed by atoms with Crippen molar-refractivity contribution in [3.05, 3.63) is 17.8 Å². The Morgan fingerprint density at radius 3 is 2.75 bits per heavy atom. The van der Waals surface area contributed by atoms with Crippen LogP contribution < -0.4 is 5.32 Å². The molecule has 0 amide bonds. The molecule has 0 spiro atoms. The fraction of sp³-hybridized carbons (Fsp3) is 0.769. The van der Waals surface area contributed by atoms with E-state index < -0.39 is 0 Å². The van der Waals surface area contributed by atoms with Crippen LogP contribution >= 0.6 is 0 Å². The highest BCUT2D eigenvalue weighted by atomic mass is 16.4. The minimum Gasteiger partial charge on any atom is -0.446 e. The van der Waals surface area contributed by atoms with Crippen molar-refractivity contribution < 1.29 is 4.42 Å². The first-order valence-corrected chi connectivity index (χ1v) is 6.28. The standard InChI is InChI=1S/C13H24N2O/c1-5-11(4)8-12-9-15-13(16-12)6-7-14-10(2)3/h9-11,14H,5-8H2,1-4H3. The largest absolute Gasteiger partial charge is 0.446 e. The highest BCUT2D eigenvalue weighted by Crippen LogP contribution is 2.12. The van der Waals surface area contributed by atoms with Gasteiger partial charge in [-0.2, -0.15) is 0 Å². The zero-order valence-corrected chi connectivity index (χ0v) is 10.9. The van der Waals surface area contributed by atoms with E-state index in [1.807, 2.05) is 6.20 Å². The SMILES string of the molecule is CCC(C)Cc1cnc(CCNC(C)C)o1. The van der Waals surface area contributed by atoms with Crippen molar-refractivity contribution in [1.82, 2.24) is 10.3 Å². The molecule has 1 aromatic heterocycles. The van der Waals surface area contributed by atoms with Crippen LogP contribution in [0, 0.1) is 5.92 Å². The zero-order valence-electron chi connectivity index (χ0n) is 10.9. The molecule has 1 rings (SSSR count). The summed E-state index contributed by atoms with van der Waals surface area (Å²) in [5, 5.41) is 3.36. The van der Waals surface area contributed by atoms with Gasteiger partial charge in [0.1, 0.15) is 5.76 Å². The van der Waals surface area contributed by atoms with Crippen molar-refractivity contribution >= 4 is 0 Å². The Bertz CT molecular complexity index is 294. The van der Waals surface area contributed by atoms with Crippen molar-refractivity contribution in [1.29, 1.82) is 0 Å². The molecule has 0 radical (unpaired) electrons. The number of hydrogen-bond acceptors (Lipinski definition) is 3. The smallest absolute Gasteiger partial charge is 0.195 e. The van der Waals surface area contributed by atoms with Crippen LogP contribution in [0.4, 0.5) is 0 Å². The van der Waals surface area contributed by atoms with Crippen LogP contribution in [-0.2, 0) is 12.8 Å². The van der Waals surface area contributed by atoms with E-state index in [2.05, 4.69) is 38.0 Å². The molecule has 1 heterocycles. The summed E-state index contributed by atoms with van der Waals surface area (Å²) in [4.78, 5) is 4.29. The van der Waals surface area contributed by atoms with E-state index >= 15 is 0 Å². The van der Waals surface area contributed by atoms with E-state index in [0.29, 0.717) is 12.0 Å². The van der Waals surface area contributed by atoms with E-state index in [0.717, 1.165) is 31.0 Å². The molecular formula is C13H24N2O. The van der Waals surface area contributed by atoms with Crippen molar-refractivity contribution in [2.45, 2.75) is 53.0 Å². The van der Waals surface area contributed by atoms with Crippen molar-refractivity contribution in [2.75, 3.05) is 6.54 Å². The third-order valence-electron chi connectivity index (χ3n) is 2.74. The van der Waals surface area contributed by atoms with Gasteiger partial charge in [0.2, 0.25) is 0 Å². The summed E-state index contributed by atoms with van der Waals surface area (Å²) < 4.78 is 5.69. The fourth-order valence-corrected chi connectivity index (χ4v) is 1.51. The van der Waals surface area contributed by atoms with Gasteiger partial charge in [0.15, 0.2) is 5.89 Å². The Kier molecular flexibility index (Phi) is 5.53. The second-order valence-corrected chi connectivity index (χ2v) is 4.80. The van der Waals surface area contributed by atoms with Gasteiger partial charge in [-0.05, 0) is 5.92 Å². The lowest BCUT2D eigenvalue weighted by atomic mass is 10.0. The lowest BCUT2D eigenvalue weighted by Crippen LogP contribution is -2.24. The maximum Gasteiger partial charge on any atom is 0.195 e. The lowest BCUT2D eigenvalue weighted by Gasteiger charge is -2.05. The molecule has 0 aromatic carbocycles. The fourth-order valence-electron chi connectivity index (χ4n) is 1.51. The Morgan fingerprint density at radius 2 is 2.12 bits per heavy atom. The van der Waals surface area contributed by atoms with Crippen molar-refractivity contribution in [2.24, 2.45) is 5.92 Å². The van der Waals surface area contributed by atoms with Gasteiger partial charge in [0.05, 0.1) is 6.20 Å². The summed E-state index contributed by atoms with van der Waals surface area (Å²) in [5.74, 6) is 2.55. The quantitative estimate of drug-likeness (QED) is 0.774. The molecule has 0 saturated heterocycles. The molecule has 1 N–H and O–H groups in total. The maximum absolute atomic E-state index is 5.69. The topological polar surface area (TPSA) is 38.1 Å². The van der Waals surface area contributed by atoms with Gasteiger partial charge >= 0.3 is 0 Å². The Morgan fingerprint density at radius 1 is 1.38 bits per heavy atom. The molecule has 0 aliphatic rings. The average Bonchev–Trinajstić information content (AvgIpc) is 2.65. The lowest BCUT2D eigenvalue weighted by molar-refractivity contribution is 0.413. The van der Waals surface area contributed by atoms with Crippen LogP contribution in [0.3, 0.4) is 0 Å². The zero-order chi connectivity index (χ0) is 12.0. The molecule has 1 atom stereocenters. The summed E-state index contributed by atoms with van der Waals surface area (Å²) in [6.07, 6.45) is 4.93. The molecule has 1 unspecified atom stereocenters. The van der Waals surface area contributed by atoms with E-state index in [4.69, 9.17) is 4.42 Å². The molecule has 92 valence electrons. The number of hydrogen-bond donors (Lipinski definition) is 1. The van der Waals surface area contributed by atoms with Crippen LogP contribution in [0.1, 0.15) is 45.8 Å². The van der Waals surface area contributed by atoms with Gasteiger partial charge in [-0.15, -0.1) is 0 Å². The minimum atomic E-state index is 0.523. The third-order valence-corrected chi connectivity index (χ3v) is 2.74. The predicted molar refractivity (Wildman–Crippen MR) is 66.5 cm³/mol. The van der Waals surface area contributed by atoms with Gasteiger partial charge in [0, 0.05) is 25.4 Å². The second kappa shape index (κ2) is 6.69. The highest BCUT2D eigenvalue weighted by Gasteiger charge is 2.07. The second-order valence-electron chi connectivity index (χ2n) is 4.80. The minimum absolute atomic E-state index is 0.523. The predicted octanol–water partition coefficient (Wildman–Crippen LogP) is 2.80. The molecule has 0 saturated carbocycles. The van der Waals surface area contributed by atoms with E-state index in [9.17, 15) is 0 Å². The highest BCUT2D eigenvalue weighted by molar-refractivity contribution is 4.95. The van der Waals surface area contributed by atoms with Crippen LogP contribution in [0.5, 0.6) is 0 Å². The molecule has 0 aliphatic heterocycles. The third kappa shape index (κ3) is 4.79. The number of aromatic nitrogens is 1. The van der Waals surface area contributed by atoms with E-state index in [1.165, 1.54) is 6.42 Å². The first-order valence-electron chi connectivity index (χ1n) is 6.28.